The first-order valence-corrected chi connectivity index (χ1v) is 9.22. The van der Waals surface area contributed by atoms with Gasteiger partial charge in [0, 0.05) is 24.3 Å². The maximum Gasteiger partial charge on any atom is 0.203 e. The number of ether oxygens (including phenoxy) is 4. The predicted octanol–water partition coefficient (Wildman–Crippen LogP) is 3.58. The highest BCUT2D eigenvalue weighted by atomic mass is 19.1. The minimum absolute atomic E-state index is 0.235. The first-order valence-electron chi connectivity index (χ1n) is 9.22. The largest absolute Gasteiger partial charge is 0.493 e. The van der Waals surface area contributed by atoms with Gasteiger partial charge in [-0.1, -0.05) is 0 Å². The van der Waals surface area contributed by atoms with E-state index in [2.05, 4.69) is 4.90 Å². The van der Waals surface area contributed by atoms with Gasteiger partial charge in [-0.15, -0.1) is 0 Å². The topological polar surface area (TPSA) is 57.2 Å². The summed E-state index contributed by atoms with van der Waals surface area (Å²) in [6, 6.07) is 7.73. The molecule has 1 aliphatic heterocycles. The number of benzene rings is 2. The Hall–Kier alpha value is -3.06. The van der Waals surface area contributed by atoms with Crippen molar-refractivity contribution in [3.8, 4) is 17.2 Å². The number of ketones is 1. The average molecular weight is 401 g/mol. The Morgan fingerprint density at radius 2 is 1.69 bits per heavy atom. The molecule has 0 unspecified atom stereocenters. The van der Waals surface area contributed by atoms with Gasteiger partial charge in [0.1, 0.15) is 5.82 Å². The van der Waals surface area contributed by atoms with E-state index in [0.717, 1.165) is 11.3 Å². The second-order valence-corrected chi connectivity index (χ2v) is 6.41. The van der Waals surface area contributed by atoms with Crippen molar-refractivity contribution in [2.75, 3.05) is 52.5 Å². The van der Waals surface area contributed by atoms with Crippen LogP contribution >= 0.6 is 0 Å². The summed E-state index contributed by atoms with van der Waals surface area (Å²) in [5.74, 6) is 0.670. The number of morpholine rings is 1. The van der Waals surface area contributed by atoms with E-state index < -0.39 is 0 Å². The monoisotopic (exact) mass is 401 g/mol. The first kappa shape index (κ1) is 20.7. The molecule has 0 spiro atoms. The summed E-state index contributed by atoms with van der Waals surface area (Å²) < 4.78 is 35.1. The van der Waals surface area contributed by atoms with Gasteiger partial charge < -0.3 is 23.8 Å². The Labute approximate surface area is 169 Å². The molecule has 0 atom stereocenters. The van der Waals surface area contributed by atoms with Crippen LogP contribution in [-0.4, -0.2) is 53.4 Å². The summed E-state index contributed by atoms with van der Waals surface area (Å²) >= 11 is 0. The molecule has 1 fully saturated rings. The molecule has 2 aromatic carbocycles. The minimum Gasteiger partial charge on any atom is -0.493 e. The fraction of sp³-hybridized carbons (Fsp3) is 0.318. The summed E-state index contributed by atoms with van der Waals surface area (Å²) in [5, 5.41) is 0. The summed E-state index contributed by atoms with van der Waals surface area (Å²) in [6.07, 6.45) is 3.15. The fourth-order valence-electron chi connectivity index (χ4n) is 3.22. The molecule has 1 aliphatic rings. The lowest BCUT2D eigenvalue weighted by atomic mass is 10.1. The minimum atomic E-state index is -0.320. The lowest BCUT2D eigenvalue weighted by Crippen LogP contribution is -2.36. The quantitative estimate of drug-likeness (QED) is 0.522. The van der Waals surface area contributed by atoms with Crippen molar-refractivity contribution in [2.24, 2.45) is 0 Å². The first-order chi connectivity index (χ1) is 14.1. The molecule has 0 bridgehead atoms. The van der Waals surface area contributed by atoms with Crippen LogP contribution in [0.2, 0.25) is 0 Å². The van der Waals surface area contributed by atoms with Crippen molar-refractivity contribution in [3.05, 3.63) is 53.4 Å². The Morgan fingerprint density at radius 3 is 2.28 bits per heavy atom. The van der Waals surface area contributed by atoms with E-state index in [4.69, 9.17) is 18.9 Å². The molecule has 0 N–H and O–H groups in total. The second-order valence-electron chi connectivity index (χ2n) is 6.41. The highest BCUT2D eigenvalue weighted by Crippen LogP contribution is 2.38. The molecular formula is C22H24FNO5. The van der Waals surface area contributed by atoms with Crippen molar-refractivity contribution < 1.29 is 28.1 Å². The standard InChI is InChI=1S/C22H24FNO5/c1-26-20-12-16(13-21(27-2)22(20)28-3)19(25)7-5-15-4-6-17(23)14-18(15)24-8-10-29-11-9-24/h4-7,12-14H,8-11H2,1-3H3/b7-5+. The van der Waals surface area contributed by atoms with Crippen LogP contribution in [0.4, 0.5) is 10.1 Å². The average Bonchev–Trinajstić information content (AvgIpc) is 2.77. The number of carbonyl (C=O) groups excluding carboxylic acids is 1. The van der Waals surface area contributed by atoms with Crippen LogP contribution in [0.3, 0.4) is 0 Å². The summed E-state index contributed by atoms with van der Waals surface area (Å²) in [4.78, 5) is 14.8. The van der Waals surface area contributed by atoms with E-state index in [9.17, 15) is 9.18 Å². The number of nitrogens with zero attached hydrogens (tertiary/aromatic N) is 1. The van der Waals surface area contributed by atoms with Crippen LogP contribution in [-0.2, 0) is 4.74 Å². The van der Waals surface area contributed by atoms with E-state index in [1.807, 2.05) is 0 Å². The molecule has 0 aliphatic carbocycles. The molecule has 1 heterocycles. The van der Waals surface area contributed by atoms with E-state index in [1.165, 1.54) is 39.5 Å². The smallest absolute Gasteiger partial charge is 0.203 e. The Balaban J connectivity index is 1.89. The van der Waals surface area contributed by atoms with Crippen molar-refractivity contribution in [2.45, 2.75) is 0 Å². The third kappa shape index (κ3) is 4.68. The lowest BCUT2D eigenvalue weighted by molar-refractivity contribution is 0.104. The number of allylic oxidation sites excluding steroid dienone is 1. The van der Waals surface area contributed by atoms with Crippen molar-refractivity contribution >= 4 is 17.5 Å². The van der Waals surface area contributed by atoms with Gasteiger partial charge >= 0.3 is 0 Å². The van der Waals surface area contributed by atoms with E-state index in [1.54, 1.807) is 24.3 Å². The molecule has 0 radical (unpaired) electrons. The second kappa shape index (κ2) is 9.43. The zero-order valence-electron chi connectivity index (χ0n) is 16.7. The molecule has 3 rings (SSSR count). The normalized spacial score (nSPS) is 14.1. The van der Waals surface area contributed by atoms with Crippen molar-refractivity contribution in [1.82, 2.24) is 0 Å². The zero-order valence-corrected chi connectivity index (χ0v) is 16.7. The number of hydrogen-bond donors (Lipinski definition) is 0. The van der Waals surface area contributed by atoms with Gasteiger partial charge in [0.15, 0.2) is 17.3 Å². The number of carbonyl (C=O) groups is 1. The number of hydrogen-bond acceptors (Lipinski definition) is 6. The molecule has 2 aromatic rings. The van der Waals surface area contributed by atoms with Crippen LogP contribution in [0.25, 0.3) is 6.08 Å². The van der Waals surface area contributed by atoms with Crippen molar-refractivity contribution in [1.29, 1.82) is 0 Å². The van der Waals surface area contributed by atoms with Gasteiger partial charge in [0.05, 0.1) is 34.5 Å². The highest BCUT2D eigenvalue weighted by molar-refractivity contribution is 6.07. The van der Waals surface area contributed by atoms with Gasteiger partial charge in [-0.2, -0.15) is 0 Å². The van der Waals surface area contributed by atoms with E-state index in [-0.39, 0.29) is 11.6 Å². The third-order valence-electron chi connectivity index (χ3n) is 4.71. The van der Waals surface area contributed by atoms with Gasteiger partial charge in [0.25, 0.3) is 0 Å². The fourth-order valence-corrected chi connectivity index (χ4v) is 3.22. The molecule has 0 saturated carbocycles. The van der Waals surface area contributed by atoms with Gasteiger partial charge in [-0.3, -0.25) is 4.79 Å². The van der Waals surface area contributed by atoms with Crippen LogP contribution in [0.15, 0.2) is 36.4 Å². The predicted molar refractivity (Wildman–Crippen MR) is 109 cm³/mol. The Morgan fingerprint density at radius 1 is 1.03 bits per heavy atom. The van der Waals surface area contributed by atoms with Crippen LogP contribution < -0.4 is 19.1 Å². The molecular weight excluding hydrogens is 377 g/mol. The number of methoxy groups -OCH3 is 3. The maximum atomic E-state index is 13.8. The summed E-state index contributed by atoms with van der Waals surface area (Å²) in [7, 11) is 4.49. The van der Waals surface area contributed by atoms with Crippen LogP contribution in [0.5, 0.6) is 17.2 Å². The SMILES string of the molecule is COc1cc(C(=O)/C=C/c2ccc(F)cc2N2CCOCC2)cc(OC)c1OC. The number of anilines is 1. The zero-order chi connectivity index (χ0) is 20.8. The molecule has 29 heavy (non-hydrogen) atoms. The van der Waals surface area contributed by atoms with Crippen LogP contribution in [0, 0.1) is 5.82 Å². The van der Waals surface area contributed by atoms with E-state index >= 15 is 0 Å². The summed E-state index contributed by atoms with van der Waals surface area (Å²) in [5.41, 5.74) is 1.89. The van der Waals surface area contributed by atoms with E-state index in [0.29, 0.717) is 49.1 Å². The van der Waals surface area contributed by atoms with Crippen LogP contribution in [0.1, 0.15) is 15.9 Å². The van der Waals surface area contributed by atoms with Gasteiger partial charge in [-0.25, -0.2) is 4.39 Å². The molecule has 1 saturated heterocycles. The number of rotatable bonds is 7. The van der Waals surface area contributed by atoms with Gasteiger partial charge in [0.2, 0.25) is 5.75 Å². The van der Waals surface area contributed by atoms with Crippen molar-refractivity contribution in [3.63, 3.8) is 0 Å². The molecule has 6 nitrogen and oxygen atoms in total. The highest BCUT2D eigenvalue weighted by Gasteiger charge is 2.17. The molecule has 7 heteroatoms. The lowest BCUT2D eigenvalue weighted by Gasteiger charge is -2.30. The third-order valence-corrected chi connectivity index (χ3v) is 4.71. The Bertz CT molecular complexity index is 881. The Kier molecular flexibility index (Phi) is 6.72. The molecule has 154 valence electrons. The van der Waals surface area contributed by atoms with Gasteiger partial charge in [-0.05, 0) is 48.0 Å². The molecule has 0 aromatic heterocycles. The summed E-state index contributed by atoms with van der Waals surface area (Å²) in [6.45, 7) is 2.52. The maximum absolute atomic E-state index is 13.8. The molecule has 0 amide bonds. The number of halogens is 1.